The SMILES string of the molecule is c1ccc(-c2ccc3c(c2)sc2c4ccc(-c5ccc(-c6ccccc6)c6ccccc56)cc4c4ccccc4c32)cc1. The van der Waals surface area contributed by atoms with E-state index in [1.54, 1.807) is 0 Å². The predicted molar refractivity (Wildman–Crippen MR) is 188 cm³/mol. The zero-order valence-corrected chi connectivity index (χ0v) is 24.2. The van der Waals surface area contributed by atoms with E-state index in [0.717, 1.165) is 0 Å². The van der Waals surface area contributed by atoms with Gasteiger partial charge >= 0.3 is 0 Å². The van der Waals surface area contributed by atoms with E-state index in [1.807, 2.05) is 11.3 Å². The first-order valence-electron chi connectivity index (χ1n) is 14.8. The van der Waals surface area contributed by atoms with Crippen molar-refractivity contribution in [1.82, 2.24) is 0 Å². The highest BCUT2D eigenvalue weighted by atomic mass is 32.1. The Balaban J connectivity index is 1.29. The van der Waals surface area contributed by atoms with Gasteiger partial charge in [-0.1, -0.05) is 146 Å². The Kier molecular flexibility index (Phi) is 5.47. The summed E-state index contributed by atoms with van der Waals surface area (Å²) in [6.07, 6.45) is 0. The molecule has 8 aromatic carbocycles. The average Bonchev–Trinajstić information content (AvgIpc) is 3.48. The van der Waals surface area contributed by atoms with E-state index < -0.39 is 0 Å². The van der Waals surface area contributed by atoms with E-state index in [4.69, 9.17) is 0 Å². The summed E-state index contributed by atoms with van der Waals surface area (Å²) in [6.45, 7) is 0. The number of hydrogen-bond acceptors (Lipinski definition) is 1. The monoisotopic (exact) mass is 562 g/mol. The van der Waals surface area contributed by atoms with Crippen LogP contribution in [0.1, 0.15) is 0 Å². The third-order valence-electron chi connectivity index (χ3n) is 8.87. The van der Waals surface area contributed by atoms with E-state index in [2.05, 4.69) is 158 Å². The van der Waals surface area contributed by atoms with Gasteiger partial charge in [-0.2, -0.15) is 0 Å². The fourth-order valence-electron chi connectivity index (χ4n) is 6.85. The van der Waals surface area contributed by atoms with Crippen LogP contribution in [0, 0.1) is 0 Å². The molecule has 1 heterocycles. The quantitative estimate of drug-likeness (QED) is 0.188. The van der Waals surface area contributed by atoms with E-state index in [-0.39, 0.29) is 0 Å². The van der Waals surface area contributed by atoms with Crippen molar-refractivity contribution in [3.8, 4) is 33.4 Å². The Labute approximate surface area is 254 Å². The molecular formula is C42H26S. The molecule has 0 atom stereocenters. The average molecular weight is 563 g/mol. The van der Waals surface area contributed by atoms with Crippen LogP contribution >= 0.6 is 11.3 Å². The van der Waals surface area contributed by atoms with Crippen LogP contribution in [0.2, 0.25) is 0 Å². The molecule has 9 aromatic rings. The lowest BCUT2D eigenvalue weighted by atomic mass is 9.90. The van der Waals surface area contributed by atoms with Gasteiger partial charge in [0.1, 0.15) is 0 Å². The number of thiophene rings is 1. The zero-order valence-electron chi connectivity index (χ0n) is 23.4. The number of hydrogen-bond donors (Lipinski definition) is 0. The summed E-state index contributed by atoms with van der Waals surface area (Å²) in [5, 5.41) is 10.5. The van der Waals surface area contributed by atoms with E-state index in [9.17, 15) is 0 Å². The predicted octanol–water partition coefficient (Wildman–Crippen LogP) is 12.5. The van der Waals surface area contributed by atoms with Gasteiger partial charge in [0.25, 0.3) is 0 Å². The molecular weight excluding hydrogens is 537 g/mol. The Hall–Kier alpha value is -5.24. The minimum atomic E-state index is 1.25. The lowest BCUT2D eigenvalue weighted by Crippen LogP contribution is -1.87. The maximum atomic E-state index is 2.42. The molecule has 0 spiro atoms. The molecule has 0 nitrogen and oxygen atoms in total. The Morgan fingerprint density at radius 2 is 0.860 bits per heavy atom. The molecule has 43 heavy (non-hydrogen) atoms. The van der Waals surface area contributed by atoms with Crippen molar-refractivity contribution >= 4 is 63.8 Å². The first kappa shape index (κ1) is 24.4. The molecule has 0 saturated carbocycles. The molecule has 0 fully saturated rings. The van der Waals surface area contributed by atoms with E-state index in [0.29, 0.717) is 0 Å². The van der Waals surface area contributed by atoms with Gasteiger partial charge in [-0.3, -0.25) is 0 Å². The van der Waals surface area contributed by atoms with E-state index in [1.165, 1.54) is 85.9 Å². The highest BCUT2D eigenvalue weighted by molar-refractivity contribution is 7.27. The van der Waals surface area contributed by atoms with Crippen LogP contribution in [0.5, 0.6) is 0 Å². The molecule has 0 amide bonds. The second-order valence-corrected chi connectivity index (χ2v) is 12.3. The van der Waals surface area contributed by atoms with Crippen molar-refractivity contribution in [2.45, 2.75) is 0 Å². The first-order chi connectivity index (χ1) is 21.3. The molecule has 1 aromatic heterocycles. The summed E-state index contributed by atoms with van der Waals surface area (Å²) in [4.78, 5) is 0. The molecule has 0 bridgehead atoms. The van der Waals surface area contributed by atoms with E-state index >= 15 is 0 Å². The fraction of sp³-hybridized carbons (Fsp3) is 0. The van der Waals surface area contributed by atoms with Crippen LogP contribution in [0.3, 0.4) is 0 Å². The van der Waals surface area contributed by atoms with Crippen molar-refractivity contribution in [3.63, 3.8) is 0 Å². The van der Waals surface area contributed by atoms with Gasteiger partial charge in [-0.15, -0.1) is 11.3 Å². The van der Waals surface area contributed by atoms with Gasteiger partial charge in [0.05, 0.1) is 0 Å². The van der Waals surface area contributed by atoms with Crippen LogP contribution in [-0.2, 0) is 0 Å². The van der Waals surface area contributed by atoms with Gasteiger partial charge in [-0.05, 0) is 72.4 Å². The lowest BCUT2D eigenvalue weighted by molar-refractivity contribution is 1.64. The molecule has 0 aliphatic rings. The van der Waals surface area contributed by atoms with Gasteiger partial charge in [0.2, 0.25) is 0 Å². The van der Waals surface area contributed by atoms with Crippen LogP contribution < -0.4 is 0 Å². The molecule has 0 radical (unpaired) electrons. The summed E-state index contributed by atoms with van der Waals surface area (Å²) in [6, 6.07) is 57.8. The van der Waals surface area contributed by atoms with Crippen LogP contribution in [-0.4, -0.2) is 0 Å². The molecule has 0 aliphatic heterocycles. The van der Waals surface area contributed by atoms with Crippen molar-refractivity contribution in [3.05, 3.63) is 158 Å². The molecule has 0 aliphatic carbocycles. The summed E-state index contributed by atoms with van der Waals surface area (Å²) < 4.78 is 2.70. The summed E-state index contributed by atoms with van der Waals surface area (Å²) >= 11 is 1.92. The largest absolute Gasteiger partial charge is 0.134 e. The Morgan fingerprint density at radius 3 is 1.58 bits per heavy atom. The topological polar surface area (TPSA) is 0 Å². The van der Waals surface area contributed by atoms with Crippen molar-refractivity contribution in [2.75, 3.05) is 0 Å². The Morgan fingerprint density at radius 1 is 0.302 bits per heavy atom. The third kappa shape index (κ3) is 3.82. The molecule has 0 unspecified atom stereocenters. The second-order valence-electron chi connectivity index (χ2n) is 11.3. The molecule has 9 rings (SSSR count). The number of fused-ring (bicyclic) bond motifs is 9. The van der Waals surface area contributed by atoms with Gasteiger partial charge < -0.3 is 0 Å². The maximum absolute atomic E-state index is 2.42. The fourth-order valence-corrected chi connectivity index (χ4v) is 8.15. The Bertz CT molecular complexity index is 2480. The number of rotatable bonds is 3. The standard InChI is InChI=1S/C42H26S/c1-3-11-27(12-4-1)29-19-22-38-40(26-29)43-42-37-21-20-30(25-39(37)35-17-9-10-18-36(35)41(38)42)32-24-23-31(28-13-5-2-6-14-28)33-15-7-8-16-34(32)33/h1-26H. The molecule has 0 N–H and O–H groups in total. The molecule has 200 valence electrons. The van der Waals surface area contributed by atoms with Crippen LogP contribution in [0.15, 0.2) is 158 Å². The highest BCUT2D eigenvalue weighted by Gasteiger charge is 2.16. The second kappa shape index (κ2) is 9.66. The first-order valence-corrected chi connectivity index (χ1v) is 15.6. The minimum Gasteiger partial charge on any atom is -0.134 e. The van der Waals surface area contributed by atoms with Crippen LogP contribution in [0.25, 0.3) is 85.9 Å². The smallest absolute Gasteiger partial charge is 0.0440 e. The molecule has 0 saturated heterocycles. The maximum Gasteiger partial charge on any atom is 0.0440 e. The lowest BCUT2D eigenvalue weighted by Gasteiger charge is -2.14. The van der Waals surface area contributed by atoms with Gasteiger partial charge in [0, 0.05) is 25.6 Å². The molecule has 1 heteroatoms. The minimum absolute atomic E-state index is 1.25. The van der Waals surface area contributed by atoms with Crippen LogP contribution in [0.4, 0.5) is 0 Å². The van der Waals surface area contributed by atoms with Gasteiger partial charge in [0.15, 0.2) is 0 Å². The zero-order chi connectivity index (χ0) is 28.3. The number of benzene rings is 8. The summed E-state index contributed by atoms with van der Waals surface area (Å²) in [5.41, 5.74) is 7.56. The summed E-state index contributed by atoms with van der Waals surface area (Å²) in [5.74, 6) is 0. The highest BCUT2D eigenvalue weighted by Crippen LogP contribution is 2.46. The van der Waals surface area contributed by atoms with Gasteiger partial charge in [-0.25, -0.2) is 0 Å². The third-order valence-corrected chi connectivity index (χ3v) is 10.1. The normalized spacial score (nSPS) is 11.7. The summed E-state index contributed by atoms with van der Waals surface area (Å²) in [7, 11) is 0. The van der Waals surface area contributed by atoms with Crippen molar-refractivity contribution in [1.29, 1.82) is 0 Å². The van der Waals surface area contributed by atoms with Crippen molar-refractivity contribution < 1.29 is 0 Å². The van der Waals surface area contributed by atoms with Crippen molar-refractivity contribution in [2.24, 2.45) is 0 Å².